The van der Waals surface area contributed by atoms with Crippen LogP contribution in [0, 0.1) is 0 Å². The summed E-state index contributed by atoms with van der Waals surface area (Å²) >= 11 is 0. The fourth-order valence-corrected chi connectivity index (χ4v) is 1.24. The number of para-hydroxylation sites is 1. The van der Waals surface area contributed by atoms with Crippen LogP contribution in [0.3, 0.4) is 0 Å². The summed E-state index contributed by atoms with van der Waals surface area (Å²) in [5.74, 6) is 0.0506. The Morgan fingerprint density at radius 1 is 1.19 bits per heavy atom. The Morgan fingerprint density at radius 3 is 2.56 bits per heavy atom. The molecule has 0 bridgehead atoms. The third kappa shape index (κ3) is 2.42. The number of aromatic carboxylic acids is 1. The number of carboxylic acids is 1. The third-order valence-electron chi connectivity index (χ3n) is 2.00. The molecule has 0 atom stereocenters. The van der Waals surface area contributed by atoms with E-state index in [9.17, 15) is 4.79 Å². The van der Waals surface area contributed by atoms with Gasteiger partial charge >= 0.3 is 5.97 Å². The van der Waals surface area contributed by atoms with Crippen LogP contribution in [0.4, 0.5) is 0 Å². The van der Waals surface area contributed by atoms with E-state index in [0.29, 0.717) is 5.76 Å². The van der Waals surface area contributed by atoms with Crippen molar-refractivity contribution < 1.29 is 19.1 Å². The van der Waals surface area contributed by atoms with Crippen LogP contribution >= 0.6 is 0 Å². The highest BCUT2D eigenvalue weighted by Gasteiger charge is 2.08. The molecule has 16 heavy (non-hydrogen) atoms. The van der Waals surface area contributed by atoms with Crippen LogP contribution < -0.4 is 4.74 Å². The summed E-state index contributed by atoms with van der Waals surface area (Å²) < 4.78 is 10.4. The van der Waals surface area contributed by atoms with Crippen LogP contribution in [0.1, 0.15) is 16.3 Å². The van der Waals surface area contributed by atoms with Crippen molar-refractivity contribution >= 4 is 5.97 Å². The second-order valence-corrected chi connectivity index (χ2v) is 3.17. The van der Waals surface area contributed by atoms with Crippen molar-refractivity contribution in [3.8, 4) is 5.75 Å². The Bertz CT molecular complexity index is 473. The maximum atomic E-state index is 10.6. The average Bonchev–Trinajstić information content (AvgIpc) is 2.76. The number of hydrogen-bond acceptors (Lipinski definition) is 3. The molecule has 0 aliphatic rings. The molecule has 0 aliphatic carbocycles. The fraction of sp³-hybridized carbons (Fsp3) is 0.0833. The molecule has 0 spiro atoms. The zero-order valence-electron chi connectivity index (χ0n) is 8.42. The molecule has 1 aromatic heterocycles. The van der Waals surface area contributed by atoms with E-state index >= 15 is 0 Å². The molecule has 4 heteroatoms. The molecule has 0 saturated carbocycles. The predicted octanol–water partition coefficient (Wildman–Crippen LogP) is 2.56. The predicted molar refractivity (Wildman–Crippen MR) is 56.4 cm³/mol. The number of rotatable bonds is 4. The van der Waals surface area contributed by atoms with E-state index < -0.39 is 5.97 Å². The number of ether oxygens (including phenoxy) is 1. The van der Waals surface area contributed by atoms with Crippen LogP contribution in [0.25, 0.3) is 0 Å². The first-order valence-electron chi connectivity index (χ1n) is 4.75. The van der Waals surface area contributed by atoms with Crippen molar-refractivity contribution in [1.82, 2.24) is 0 Å². The van der Waals surface area contributed by atoms with Crippen molar-refractivity contribution in [3.63, 3.8) is 0 Å². The lowest BCUT2D eigenvalue weighted by atomic mass is 10.3. The first-order chi connectivity index (χ1) is 7.75. The van der Waals surface area contributed by atoms with E-state index in [1.165, 1.54) is 6.07 Å². The lowest BCUT2D eigenvalue weighted by molar-refractivity contribution is 0.0658. The van der Waals surface area contributed by atoms with Gasteiger partial charge in [0.25, 0.3) is 0 Å². The van der Waals surface area contributed by atoms with Crippen molar-refractivity contribution in [2.45, 2.75) is 6.61 Å². The summed E-state index contributed by atoms with van der Waals surface area (Å²) in [6, 6.07) is 12.3. The molecule has 2 aromatic rings. The number of hydrogen-bond donors (Lipinski definition) is 1. The number of carboxylic acid groups (broad SMARTS) is 1. The van der Waals surface area contributed by atoms with E-state index in [1.54, 1.807) is 6.07 Å². The summed E-state index contributed by atoms with van der Waals surface area (Å²) in [6.45, 7) is 0.220. The molecule has 1 N–H and O–H groups in total. The van der Waals surface area contributed by atoms with Gasteiger partial charge in [-0.25, -0.2) is 4.79 Å². The molecular weight excluding hydrogens is 208 g/mol. The quantitative estimate of drug-likeness (QED) is 0.856. The van der Waals surface area contributed by atoms with Crippen molar-refractivity contribution in [2.75, 3.05) is 0 Å². The third-order valence-corrected chi connectivity index (χ3v) is 2.00. The molecule has 0 saturated heterocycles. The van der Waals surface area contributed by atoms with Crippen LogP contribution in [0.5, 0.6) is 5.75 Å². The highest BCUT2D eigenvalue weighted by atomic mass is 16.5. The minimum absolute atomic E-state index is 0.0772. The summed E-state index contributed by atoms with van der Waals surface area (Å²) in [4.78, 5) is 10.6. The van der Waals surface area contributed by atoms with Gasteiger partial charge in [-0.05, 0) is 24.3 Å². The number of benzene rings is 1. The molecule has 0 radical (unpaired) electrons. The zero-order chi connectivity index (χ0) is 11.4. The minimum Gasteiger partial charge on any atom is -0.486 e. The van der Waals surface area contributed by atoms with Crippen molar-refractivity contribution in [2.24, 2.45) is 0 Å². The van der Waals surface area contributed by atoms with Gasteiger partial charge in [0.15, 0.2) is 0 Å². The Balaban J connectivity index is 1.97. The summed E-state index contributed by atoms with van der Waals surface area (Å²) in [5, 5.41) is 8.65. The largest absolute Gasteiger partial charge is 0.486 e. The second kappa shape index (κ2) is 4.53. The number of furan rings is 1. The first kappa shape index (κ1) is 10.3. The van der Waals surface area contributed by atoms with Crippen LogP contribution in [-0.4, -0.2) is 11.1 Å². The van der Waals surface area contributed by atoms with E-state index in [4.69, 9.17) is 14.3 Å². The maximum Gasteiger partial charge on any atom is 0.371 e. The average molecular weight is 218 g/mol. The molecule has 82 valence electrons. The molecule has 4 nitrogen and oxygen atoms in total. The highest BCUT2D eigenvalue weighted by Crippen LogP contribution is 2.13. The fourth-order valence-electron chi connectivity index (χ4n) is 1.24. The lowest BCUT2D eigenvalue weighted by Crippen LogP contribution is -1.94. The molecule has 0 aliphatic heterocycles. The molecule has 0 fully saturated rings. The SMILES string of the molecule is O=C(O)c1ccc(COc2ccccc2)o1. The Kier molecular flexibility index (Phi) is 2.91. The van der Waals surface area contributed by atoms with Gasteiger partial charge in [0.05, 0.1) is 0 Å². The Labute approximate surface area is 92.1 Å². The Hall–Kier alpha value is -2.23. The molecule has 1 heterocycles. The van der Waals surface area contributed by atoms with Gasteiger partial charge in [0.1, 0.15) is 18.1 Å². The monoisotopic (exact) mass is 218 g/mol. The van der Waals surface area contributed by atoms with Crippen LogP contribution in [0.2, 0.25) is 0 Å². The molecule has 0 amide bonds. The summed E-state index contributed by atoms with van der Waals surface area (Å²) in [5.41, 5.74) is 0. The highest BCUT2D eigenvalue weighted by molar-refractivity contribution is 5.84. The van der Waals surface area contributed by atoms with E-state index in [0.717, 1.165) is 5.75 Å². The van der Waals surface area contributed by atoms with Gasteiger partial charge < -0.3 is 14.3 Å². The smallest absolute Gasteiger partial charge is 0.371 e. The van der Waals surface area contributed by atoms with Gasteiger partial charge in [-0.15, -0.1) is 0 Å². The van der Waals surface area contributed by atoms with Crippen LogP contribution in [-0.2, 0) is 6.61 Å². The molecule has 2 rings (SSSR count). The van der Waals surface area contributed by atoms with E-state index in [-0.39, 0.29) is 12.4 Å². The normalized spacial score (nSPS) is 10.0. The van der Waals surface area contributed by atoms with Gasteiger partial charge in [0.2, 0.25) is 5.76 Å². The number of carbonyl (C=O) groups is 1. The molecule has 1 aromatic carbocycles. The summed E-state index contributed by atoms with van der Waals surface area (Å²) in [7, 11) is 0. The minimum atomic E-state index is -1.08. The second-order valence-electron chi connectivity index (χ2n) is 3.17. The first-order valence-corrected chi connectivity index (χ1v) is 4.75. The molecule has 0 unspecified atom stereocenters. The van der Waals surface area contributed by atoms with Gasteiger partial charge in [-0.1, -0.05) is 18.2 Å². The van der Waals surface area contributed by atoms with Gasteiger partial charge in [-0.3, -0.25) is 0 Å². The standard InChI is InChI=1S/C12H10O4/c13-12(14)11-7-6-10(16-11)8-15-9-4-2-1-3-5-9/h1-7H,8H2,(H,13,14). The Morgan fingerprint density at radius 2 is 1.94 bits per heavy atom. The zero-order valence-corrected chi connectivity index (χ0v) is 8.42. The van der Waals surface area contributed by atoms with Crippen molar-refractivity contribution in [3.05, 3.63) is 54.0 Å². The maximum absolute atomic E-state index is 10.6. The molecular formula is C12H10O4. The summed E-state index contributed by atoms with van der Waals surface area (Å²) in [6.07, 6.45) is 0. The van der Waals surface area contributed by atoms with E-state index in [2.05, 4.69) is 0 Å². The van der Waals surface area contributed by atoms with Gasteiger partial charge in [-0.2, -0.15) is 0 Å². The van der Waals surface area contributed by atoms with Crippen LogP contribution in [0.15, 0.2) is 46.9 Å². The van der Waals surface area contributed by atoms with E-state index in [1.807, 2.05) is 30.3 Å². The lowest BCUT2D eigenvalue weighted by Gasteiger charge is -2.02. The van der Waals surface area contributed by atoms with Gasteiger partial charge in [0, 0.05) is 0 Å². The van der Waals surface area contributed by atoms with Crippen molar-refractivity contribution in [1.29, 1.82) is 0 Å². The topological polar surface area (TPSA) is 59.7 Å².